The molecule has 1 N–H and O–H groups in total. The summed E-state index contributed by atoms with van der Waals surface area (Å²) in [6.07, 6.45) is 0.170. The summed E-state index contributed by atoms with van der Waals surface area (Å²) in [4.78, 5) is 29.8. The van der Waals surface area contributed by atoms with Crippen LogP contribution in [0, 0.1) is 5.92 Å². The van der Waals surface area contributed by atoms with Crippen molar-refractivity contribution in [3.63, 3.8) is 0 Å². The maximum atomic E-state index is 14.6. The van der Waals surface area contributed by atoms with E-state index in [0.29, 0.717) is 27.9 Å². The molecule has 0 aromatic heterocycles. The van der Waals surface area contributed by atoms with Crippen LogP contribution in [-0.4, -0.2) is 51.4 Å². The van der Waals surface area contributed by atoms with Gasteiger partial charge in [0.05, 0.1) is 17.7 Å². The van der Waals surface area contributed by atoms with Gasteiger partial charge in [0.1, 0.15) is 18.3 Å². The number of anilines is 1. The van der Waals surface area contributed by atoms with Gasteiger partial charge < -0.3 is 15.0 Å². The summed E-state index contributed by atoms with van der Waals surface area (Å²) in [7, 11) is -2.77. The number of hydrogen-bond acceptors (Lipinski definition) is 5. The quantitative estimate of drug-likeness (QED) is 0.162. The van der Waals surface area contributed by atoms with Gasteiger partial charge in [0.15, 0.2) is 0 Å². The number of benzene rings is 4. The highest BCUT2D eigenvalue weighted by atomic mass is 35.5. The SMILES string of the molecule is COc1cccc(N(CC(=O)N(Cc2c(Cl)cccc2Cl)C(Cc2ccccc2)C(=O)NCC(C)C)S(=O)(=O)c2ccccc2)c1. The van der Waals surface area contributed by atoms with E-state index in [-0.39, 0.29) is 35.4 Å². The van der Waals surface area contributed by atoms with E-state index in [2.05, 4.69) is 5.32 Å². The van der Waals surface area contributed by atoms with Crippen LogP contribution < -0.4 is 14.4 Å². The summed E-state index contributed by atoms with van der Waals surface area (Å²) in [6.45, 7) is 3.58. The zero-order chi connectivity index (χ0) is 33.3. The van der Waals surface area contributed by atoms with Crippen LogP contribution in [0.1, 0.15) is 25.0 Å². The van der Waals surface area contributed by atoms with Crippen molar-refractivity contribution in [1.82, 2.24) is 10.2 Å². The molecule has 0 saturated carbocycles. The molecule has 11 heteroatoms. The summed E-state index contributed by atoms with van der Waals surface area (Å²) in [6, 6.07) is 27.6. The highest BCUT2D eigenvalue weighted by molar-refractivity contribution is 7.92. The van der Waals surface area contributed by atoms with Crippen LogP contribution >= 0.6 is 23.2 Å². The van der Waals surface area contributed by atoms with Crippen molar-refractivity contribution in [2.24, 2.45) is 5.92 Å². The average Bonchev–Trinajstić information content (AvgIpc) is 3.06. The molecule has 4 aromatic carbocycles. The van der Waals surface area contributed by atoms with E-state index in [1.54, 1.807) is 60.7 Å². The normalized spacial score (nSPS) is 12.0. The standard InChI is InChI=1S/C35H37Cl2N3O5S/c1-25(2)22-38-35(42)33(20-26-12-6-4-7-13-26)39(23-30-31(36)18-11-19-32(30)37)34(41)24-40(27-14-10-15-28(21-27)45-3)46(43,44)29-16-8-5-9-17-29/h4-19,21,25,33H,20,22-24H2,1-3H3,(H,38,42). The monoisotopic (exact) mass is 681 g/mol. The van der Waals surface area contributed by atoms with Gasteiger partial charge in [-0.25, -0.2) is 8.42 Å². The molecule has 2 amide bonds. The van der Waals surface area contributed by atoms with Gasteiger partial charge in [-0.2, -0.15) is 0 Å². The number of carbonyl (C=O) groups excluding carboxylic acids is 2. The van der Waals surface area contributed by atoms with Crippen molar-refractivity contribution in [2.75, 3.05) is 24.5 Å². The molecule has 0 bridgehead atoms. The van der Waals surface area contributed by atoms with E-state index in [4.69, 9.17) is 27.9 Å². The zero-order valence-electron chi connectivity index (χ0n) is 25.9. The predicted octanol–water partition coefficient (Wildman–Crippen LogP) is 6.61. The van der Waals surface area contributed by atoms with Gasteiger partial charge in [0, 0.05) is 41.2 Å². The van der Waals surface area contributed by atoms with Crippen LogP contribution in [0.3, 0.4) is 0 Å². The number of nitrogens with one attached hydrogen (secondary N) is 1. The van der Waals surface area contributed by atoms with Gasteiger partial charge in [-0.05, 0) is 47.9 Å². The fourth-order valence-corrected chi connectivity index (χ4v) is 6.79. The number of amides is 2. The van der Waals surface area contributed by atoms with E-state index < -0.39 is 28.5 Å². The molecule has 242 valence electrons. The van der Waals surface area contributed by atoms with Gasteiger partial charge in [-0.1, -0.05) is 97.7 Å². The highest BCUT2D eigenvalue weighted by Crippen LogP contribution is 2.30. The first-order valence-electron chi connectivity index (χ1n) is 14.8. The minimum atomic E-state index is -4.25. The van der Waals surface area contributed by atoms with Gasteiger partial charge >= 0.3 is 0 Å². The Morgan fingerprint density at radius 3 is 2.07 bits per heavy atom. The predicted molar refractivity (Wildman–Crippen MR) is 183 cm³/mol. The number of hydrogen-bond donors (Lipinski definition) is 1. The topological polar surface area (TPSA) is 96.0 Å². The molecule has 4 aromatic rings. The van der Waals surface area contributed by atoms with Crippen molar-refractivity contribution >= 4 is 50.7 Å². The lowest BCUT2D eigenvalue weighted by molar-refractivity contribution is -0.140. The molecule has 0 aliphatic rings. The van der Waals surface area contributed by atoms with Crippen LogP contribution in [0.5, 0.6) is 5.75 Å². The molecule has 46 heavy (non-hydrogen) atoms. The minimum Gasteiger partial charge on any atom is -0.497 e. The van der Waals surface area contributed by atoms with Crippen LogP contribution in [0.15, 0.2) is 108 Å². The molecule has 0 radical (unpaired) electrons. The molecule has 1 unspecified atom stereocenters. The average molecular weight is 683 g/mol. The molecule has 0 spiro atoms. The number of nitrogens with zero attached hydrogens (tertiary/aromatic N) is 2. The van der Waals surface area contributed by atoms with Crippen LogP contribution in [0.4, 0.5) is 5.69 Å². The second-order valence-electron chi connectivity index (χ2n) is 11.1. The minimum absolute atomic E-state index is 0.00169. The van der Waals surface area contributed by atoms with Crippen LogP contribution in [0.2, 0.25) is 10.0 Å². The Balaban J connectivity index is 1.84. The van der Waals surface area contributed by atoms with Gasteiger partial charge in [-0.15, -0.1) is 0 Å². The fourth-order valence-electron chi connectivity index (χ4n) is 4.84. The van der Waals surface area contributed by atoms with Crippen LogP contribution in [-0.2, 0) is 32.6 Å². The number of rotatable bonds is 14. The van der Waals surface area contributed by atoms with Crippen LogP contribution in [0.25, 0.3) is 0 Å². The number of halogens is 2. The third-order valence-electron chi connectivity index (χ3n) is 7.30. The molecule has 8 nitrogen and oxygen atoms in total. The zero-order valence-corrected chi connectivity index (χ0v) is 28.2. The Labute approximate surface area is 280 Å². The Morgan fingerprint density at radius 1 is 0.848 bits per heavy atom. The molecule has 0 aliphatic carbocycles. The second kappa shape index (κ2) is 16.0. The van der Waals surface area contributed by atoms with E-state index in [1.165, 1.54) is 24.1 Å². The van der Waals surface area contributed by atoms with E-state index in [1.807, 2.05) is 44.2 Å². The maximum absolute atomic E-state index is 14.6. The van der Waals surface area contributed by atoms with Crippen molar-refractivity contribution in [3.05, 3.63) is 124 Å². The lowest BCUT2D eigenvalue weighted by atomic mass is 10.0. The molecular weight excluding hydrogens is 645 g/mol. The smallest absolute Gasteiger partial charge is 0.264 e. The van der Waals surface area contributed by atoms with Crippen molar-refractivity contribution in [3.8, 4) is 5.75 Å². The summed E-state index contributed by atoms with van der Waals surface area (Å²) in [5.74, 6) is -0.442. The second-order valence-corrected chi connectivity index (χ2v) is 13.8. The summed E-state index contributed by atoms with van der Waals surface area (Å²) in [5.41, 5.74) is 1.47. The number of carbonyl (C=O) groups is 2. The first kappa shape index (κ1) is 34.8. The Bertz CT molecular complexity index is 1720. The first-order chi connectivity index (χ1) is 22.0. The molecule has 1 atom stereocenters. The highest BCUT2D eigenvalue weighted by Gasteiger charge is 2.35. The molecular formula is C35H37Cl2N3O5S. The molecule has 4 rings (SSSR count). The van der Waals surface area contributed by atoms with Crippen molar-refractivity contribution in [1.29, 1.82) is 0 Å². The lowest BCUT2D eigenvalue weighted by Crippen LogP contribution is -2.53. The first-order valence-corrected chi connectivity index (χ1v) is 17.0. The third kappa shape index (κ3) is 8.81. The molecule has 0 heterocycles. The number of methoxy groups -OCH3 is 1. The maximum Gasteiger partial charge on any atom is 0.264 e. The molecule has 0 fully saturated rings. The summed E-state index contributed by atoms with van der Waals surface area (Å²) >= 11 is 13.1. The van der Waals surface area contributed by atoms with E-state index >= 15 is 0 Å². The summed E-state index contributed by atoms with van der Waals surface area (Å²) < 4.78 is 34.6. The molecule has 0 aliphatic heterocycles. The summed E-state index contributed by atoms with van der Waals surface area (Å²) in [5, 5.41) is 3.59. The van der Waals surface area contributed by atoms with Gasteiger partial charge in [0.2, 0.25) is 11.8 Å². The van der Waals surface area contributed by atoms with Crippen molar-refractivity contribution < 1.29 is 22.7 Å². The largest absolute Gasteiger partial charge is 0.497 e. The fraction of sp³-hybridized carbons (Fsp3) is 0.257. The third-order valence-corrected chi connectivity index (χ3v) is 9.79. The van der Waals surface area contributed by atoms with E-state index in [9.17, 15) is 18.0 Å². The Kier molecular flexibility index (Phi) is 12.1. The Morgan fingerprint density at radius 2 is 1.46 bits per heavy atom. The van der Waals surface area contributed by atoms with Gasteiger partial charge in [0.25, 0.3) is 10.0 Å². The van der Waals surface area contributed by atoms with Gasteiger partial charge in [-0.3, -0.25) is 13.9 Å². The molecule has 0 saturated heterocycles. The van der Waals surface area contributed by atoms with Crippen molar-refractivity contribution in [2.45, 2.75) is 37.8 Å². The lowest BCUT2D eigenvalue weighted by Gasteiger charge is -2.34. The van der Waals surface area contributed by atoms with E-state index in [0.717, 1.165) is 9.87 Å². The number of ether oxygens (including phenoxy) is 1. The Hall–Kier alpha value is -4.05. The number of sulfonamides is 1.